The minimum Gasteiger partial charge on any atom is -0.494 e. The molecular weight excluding hydrogens is 280 g/mol. The number of rotatable bonds is 6. The van der Waals surface area contributed by atoms with E-state index in [1.807, 2.05) is 36.1 Å². The van der Waals surface area contributed by atoms with Gasteiger partial charge in [-0.05, 0) is 37.6 Å². The summed E-state index contributed by atoms with van der Waals surface area (Å²) in [6, 6.07) is 7.53. The summed E-state index contributed by atoms with van der Waals surface area (Å²) >= 11 is 0. The number of aliphatic hydroxyl groups excluding tert-OH is 1. The second-order valence-electron chi connectivity index (χ2n) is 5.53. The molecule has 22 heavy (non-hydrogen) atoms. The van der Waals surface area contributed by atoms with Gasteiger partial charge in [0.05, 0.1) is 13.2 Å². The Morgan fingerprint density at radius 3 is 2.32 bits per heavy atom. The number of piperazine rings is 1. The highest BCUT2D eigenvalue weighted by Gasteiger charge is 2.25. The van der Waals surface area contributed by atoms with Crippen LogP contribution in [-0.2, 0) is 0 Å². The predicted molar refractivity (Wildman–Crippen MR) is 86.3 cm³/mol. The molecule has 0 bridgehead atoms. The van der Waals surface area contributed by atoms with E-state index in [9.17, 15) is 9.90 Å². The molecule has 0 spiro atoms. The number of aliphatic hydroxyl groups is 1. The summed E-state index contributed by atoms with van der Waals surface area (Å²) in [6.07, 6.45) is 0.934. The zero-order chi connectivity index (χ0) is 15.9. The average Bonchev–Trinajstić information content (AvgIpc) is 2.57. The van der Waals surface area contributed by atoms with E-state index in [4.69, 9.17) is 4.74 Å². The molecular formula is C17H26N2O3. The van der Waals surface area contributed by atoms with Crippen molar-refractivity contribution in [1.82, 2.24) is 9.80 Å². The first-order chi connectivity index (χ1) is 10.7. The van der Waals surface area contributed by atoms with Crippen molar-refractivity contribution in [1.29, 1.82) is 0 Å². The highest BCUT2D eigenvalue weighted by molar-refractivity contribution is 5.94. The second-order valence-corrected chi connectivity index (χ2v) is 5.53. The van der Waals surface area contributed by atoms with Crippen LogP contribution >= 0.6 is 0 Å². The SMILES string of the molecule is CCOc1ccc(C(=O)N2CCN(C(CC)CO)CC2)cc1. The smallest absolute Gasteiger partial charge is 0.253 e. The van der Waals surface area contributed by atoms with Crippen molar-refractivity contribution < 1.29 is 14.6 Å². The molecule has 1 heterocycles. The van der Waals surface area contributed by atoms with Gasteiger partial charge in [-0.25, -0.2) is 0 Å². The first-order valence-electron chi connectivity index (χ1n) is 8.06. The van der Waals surface area contributed by atoms with Crippen LogP contribution in [-0.4, -0.2) is 66.2 Å². The summed E-state index contributed by atoms with van der Waals surface area (Å²) < 4.78 is 5.40. The van der Waals surface area contributed by atoms with Crippen LogP contribution in [0, 0.1) is 0 Å². The van der Waals surface area contributed by atoms with Crippen LogP contribution in [0.4, 0.5) is 0 Å². The fraction of sp³-hybridized carbons (Fsp3) is 0.588. The molecule has 1 fully saturated rings. The third kappa shape index (κ3) is 3.99. The van der Waals surface area contributed by atoms with Crippen LogP contribution in [0.5, 0.6) is 5.75 Å². The number of hydrogen-bond donors (Lipinski definition) is 1. The Hall–Kier alpha value is -1.59. The van der Waals surface area contributed by atoms with Crippen LogP contribution in [0.3, 0.4) is 0 Å². The number of carbonyl (C=O) groups excluding carboxylic acids is 1. The molecule has 5 nitrogen and oxygen atoms in total. The first-order valence-corrected chi connectivity index (χ1v) is 8.06. The predicted octanol–water partition coefficient (Wildman–Crippen LogP) is 1.61. The molecule has 1 saturated heterocycles. The summed E-state index contributed by atoms with van der Waals surface area (Å²) in [7, 11) is 0. The second kappa shape index (κ2) is 8.15. The summed E-state index contributed by atoms with van der Waals surface area (Å²) in [5.41, 5.74) is 0.700. The van der Waals surface area contributed by atoms with Gasteiger partial charge in [0.2, 0.25) is 0 Å². The molecule has 1 amide bonds. The zero-order valence-corrected chi connectivity index (χ0v) is 13.5. The fourth-order valence-electron chi connectivity index (χ4n) is 2.84. The standard InChI is InChI=1S/C17H26N2O3/c1-3-15(13-20)18-9-11-19(12-10-18)17(21)14-5-7-16(8-6-14)22-4-2/h5-8,15,20H,3-4,9-13H2,1-2H3. The Balaban J connectivity index is 1.91. The molecule has 1 N–H and O–H groups in total. The van der Waals surface area contributed by atoms with Gasteiger partial charge in [-0.3, -0.25) is 9.69 Å². The molecule has 1 aromatic carbocycles. The van der Waals surface area contributed by atoms with E-state index in [1.165, 1.54) is 0 Å². The van der Waals surface area contributed by atoms with Gasteiger partial charge in [-0.1, -0.05) is 6.92 Å². The third-order valence-electron chi connectivity index (χ3n) is 4.21. The lowest BCUT2D eigenvalue weighted by atomic mass is 10.1. The van der Waals surface area contributed by atoms with Crippen molar-refractivity contribution in [3.8, 4) is 5.75 Å². The highest BCUT2D eigenvalue weighted by Crippen LogP contribution is 2.16. The molecule has 2 rings (SSSR count). The number of ether oxygens (including phenoxy) is 1. The first kappa shape index (κ1) is 16.8. The van der Waals surface area contributed by atoms with E-state index in [0.29, 0.717) is 25.3 Å². The van der Waals surface area contributed by atoms with E-state index >= 15 is 0 Å². The summed E-state index contributed by atoms with van der Waals surface area (Å²) in [6.45, 7) is 7.89. The number of nitrogens with zero attached hydrogens (tertiary/aromatic N) is 2. The van der Waals surface area contributed by atoms with Crippen LogP contribution < -0.4 is 4.74 Å². The molecule has 1 unspecified atom stereocenters. The van der Waals surface area contributed by atoms with Crippen molar-refractivity contribution in [2.75, 3.05) is 39.4 Å². The van der Waals surface area contributed by atoms with Gasteiger partial charge in [0.25, 0.3) is 5.91 Å². The fourth-order valence-corrected chi connectivity index (χ4v) is 2.84. The molecule has 122 valence electrons. The summed E-state index contributed by atoms with van der Waals surface area (Å²) in [5, 5.41) is 9.37. The molecule has 0 aliphatic carbocycles. The molecule has 0 saturated carbocycles. The van der Waals surface area contributed by atoms with Crippen molar-refractivity contribution in [3.05, 3.63) is 29.8 Å². The molecule has 0 aromatic heterocycles. The van der Waals surface area contributed by atoms with Crippen LogP contribution in [0.1, 0.15) is 30.6 Å². The van der Waals surface area contributed by atoms with Crippen molar-refractivity contribution in [2.45, 2.75) is 26.3 Å². The average molecular weight is 306 g/mol. The van der Waals surface area contributed by atoms with Gasteiger partial charge in [-0.2, -0.15) is 0 Å². The Labute approximate surface area is 132 Å². The van der Waals surface area contributed by atoms with Crippen molar-refractivity contribution >= 4 is 5.91 Å². The van der Waals surface area contributed by atoms with Crippen molar-refractivity contribution in [3.63, 3.8) is 0 Å². The van der Waals surface area contributed by atoms with Crippen LogP contribution in [0.2, 0.25) is 0 Å². The van der Waals surface area contributed by atoms with Crippen LogP contribution in [0.25, 0.3) is 0 Å². The minimum atomic E-state index is 0.0692. The Morgan fingerprint density at radius 2 is 1.82 bits per heavy atom. The van der Waals surface area contributed by atoms with E-state index in [1.54, 1.807) is 0 Å². The normalized spacial score (nSPS) is 17.3. The Morgan fingerprint density at radius 1 is 1.18 bits per heavy atom. The maximum absolute atomic E-state index is 12.5. The van der Waals surface area contributed by atoms with E-state index in [0.717, 1.165) is 25.3 Å². The summed E-state index contributed by atoms with van der Waals surface area (Å²) in [4.78, 5) is 16.7. The van der Waals surface area contributed by atoms with E-state index < -0.39 is 0 Å². The van der Waals surface area contributed by atoms with Crippen LogP contribution in [0.15, 0.2) is 24.3 Å². The lowest BCUT2D eigenvalue weighted by Crippen LogP contribution is -2.52. The largest absolute Gasteiger partial charge is 0.494 e. The molecule has 1 aromatic rings. The van der Waals surface area contributed by atoms with Gasteiger partial charge in [-0.15, -0.1) is 0 Å². The third-order valence-corrected chi connectivity index (χ3v) is 4.21. The van der Waals surface area contributed by atoms with Gasteiger partial charge >= 0.3 is 0 Å². The number of benzene rings is 1. The molecule has 1 atom stereocenters. The van der Waals surface area contributed by atoms with E-state index in [2.05, 4.69) is 11.8 Å². The Kier molecular flexibility index (Phi) is 6.21. The number of amides is 1. The number of hydrogen-bond acceptors (Lipinski definition) is 4. The zero-order valence-electron chi connectivity index (χ0n) is 13.5. The summed E-state index contributed by atoms with van der Waals surface area (Å²) in [5.74, 6) is 0.859. The lowest BCUT2D eigenvalue weighted by Gasteiger charge is -2.38. The van der Waals surface area contributed by atoms with Gasteiger partial charge in [0.1, 0.15) is 5.75 Å². The minimum absolute atomic E-state index is 0.0692. The molecule has 5 heteroatoms. The quantitative estimate of drug-likeness (QED) is 0.867. The maximum Gasteiger partial charge on any atom is 0.253 e. The molecule has 0 radical (unpaired) electrons. The lowest BCUT2D eigenvalue weighted by molar-refractivity contribution is 0.0472. The van der Waals surface area contributed by atoms with Gasteiger partial charge in [0.15, 0.2) is 0 Å². The van der Waals surface area contributed by atoms with Gasteiger partial charge < -0.3 is 14.7 Å². The number of carbonyl (C=O) groups is 1. The maximum atomic E-state index is 12.5. The van der Waals surface area contributed by atoms with Crippen molar-refractivity contribution in [2.24, 2.45) is 0 Å². The molecule has 1 aliphatic heterocycles. The highest BCUT2D eigenvalue weighted by atomic mass is 16.5. The van der Waals surface area contributed by atoms with E-state index in [-0.39, 0.29) is 18.6 Å². The van der Waals surface area contributed by atoms with Gasteiger partial charge in [0, 0.05) is 37.8 Å². The Bertz CT molecular complexity index is 463. The monoisotopic (exact) mass is 306 g/mol. The molecule has 1 aliphatic rings. The topological polar surface area (TPSA) is 53.0 Å².